The molecule has 14 heteroatoms. The fourth-order valence-corrected chi connectivity index (χ4v) is 4.53. The lowest BCUT2D eigenvalue weighted by Crippen LogP contribution is -2.27. The molecule has 0 atom stereocenters. The number of hydrazone groups is 2. The minimum absolute atomic E-state index is 0.195. The Morgan fingerprint density at radius 2 is 1.00 bits per heavy atom. The number of rotatable bonds is 12. The largest absolute Gasteiger partial charge is 0.497 e. The van der Waals surface area contributed by atoms with Gasteiger partial charge < -0.3 is 18.9 Å². The zero-order valence-corrected chi connectivity index (χ0v) is 28.0. The number of carbonyl (C=O) groups excluding carboxylic acids is 4. The quantitative estimate of drug-likeness (QED) is 0.0617. The molecular weight excluding hydrogens is 740 g/mol. The second kappa shape index (κ2) is 16.8. The van der Waals surface area contributed by atoms with Gasteiger partial charge in [-0.3, -0.25) is 9.59 Å². The summed E-state index contributed by atoms with van der Waals surface area (Å²) in [7, 11) is 3.04. The maximum Gasteiger partial charge on any atom is 0.343 e. The number of hydrogen-bond donors (Lipinski definition) is 2. The van der Waals surface area contributed by atoms with Gasteiger partial charge in [-0.15, -0.1) is 0 Å². The summed E-state index contributed by atoms with van der Waals surface area (Å²) in [6, 6.07) is 22.6. The summed E-state index contributed by atoms with van der Waals surface area (Å²) in [4.78, 5) is 49.9. The van der Waals surface area contributed by atoms with Crippen molar-refractivity contribution >= 4 is 68.0 Å². The summed E-state index contributed by atoms with van der Waals surface area (Å²) >= 11 is 6.70. The average molecular weight is 766 g/mol. The van der Waals surface area contributed by atoms with Gasteiger partial charge in [0.2, 0.25) is 11.8 Å². The second-order valence-corrected chi connectivity index (χ2v) is 11.2. The van der Waals surface area contributed by atoms with Crippen molar-refractivity contribution in [1.82, 2.24) is 10.9 Å². The first-order valence-corrected chi connectivity index (χ1v) is 15.2. The Hall–Kier alpha value is -5.34. The number of carbonyl (C=O) groups is 4. The van der Waals surface area contributed by atoms with Crippen LogP contribution in [0.4, 0.5) is 0 Å². The molecule has 0 aliphatic carbocycles. The van der Waals surface area contributed by atoms with Gasteiger partial charge in [-0.25, -0.2) is 20.4 Å². The lowest BCUT2D eigenvalue weighted by atomic mass is 10.2. The zero-order valence-electron chi connectivity index (χ0n) is 24.9. The van der Waals surface area contributed by atoms with Crippen molar-refractivity contribution in [3.8, 4) is 23.0 Å². The van der Waals surface area contributed by atoms with E-state index in [1.54, 1.807) is 84.9 Å². The van der Waals surface area contributed by atoms with Crippen LogP contribution in [0.5, 0.6) is 23.0 Å². The molecule has 4 aromatic rings. The number of ether oxygens (including phenoxy) is 4. The predicted octanol–water partition coefficient (Wildman–Crippen LogP) is 5.66. The molecule has 2 amide bonds. The number of amides is 2. The SMILES string of the molecule is COc1ccc(C(=O)Oc2ccc(Br)cc2C=NNC(=O)CC(=O)NN=Cc2cc(Br)ccc2OC(=O)c2ccc(OC)cc2)cc1. The smallest absolute Gasteiger partial charge is 0.343 e. The molecule has 2 N–H and O–H groups in total. The Bertz CT molecular complexity index is 1690. The molecule has 0 heterocycles. The van der Waals surface area contributed by atoms with Crippen LogP contribution in [0, 0.1) is 0 Å². The van der Waals surface area contributed by atoms with Crippen molar-refractivity contribution in [3.05, 3.63) is 116 Å². The molecule has 0 aromatic heterocycles. The highest BCUT2D eigenvalue weighted by molar-refractivity contribution is 9.10. The number of hydrogen-bond acceptors (Lipinski definition) is 10. The minimum Gasteiger partial charge on any atom is -0.497 e. The molecule has 0 spiro atoms. The number of nitrogens with one attached hydrogen (secondary N) is 2. The van der Waals surface area contributed by atoms with Crippen LogP contribution < -0.4 is 29.8 Å². The van der Waals surface area contributed by atoms with Gasteiger partial charge in [0, 0.05) is 20.1 Å². The van der Waals surface area contributed by atoms with E-state index in [1.807, 2.05) is 0 Å². The fraction of sp³-hybridized carbons (Fsp3) is 0.0909. The van der Waals surface area contributed by atoms with E-state index < -0.39 is 30.2 Å². The van der Waals surface area contributed by atoms with E-state index in [0.717, 1.165) is 0 Å². The van der Waals surface area contributed by atoms with Gasteiger partial charge >= 0.3 is 11.9 Å². The lowest BCUT2D eigenvalue weighted by molar-refractivity contribution is -0.129. The third kappa shape index (κ3) is 10.3. The Morgan fingerprint density at radius 3 is 1.36 bits per heavy atom. The van der Waals surface area contributed by atoms with Gasteiger partial charge in [-0.2, -0.15) is 10.2 Å². The summed E-state index contributed by atoms with van der Waals surface area (Å²) in [6.07, 6.45) is 1.96. The van der Waals surface area contributed by atoms with Crippen LogP contribution in [0.15, 0.2) is 104 Å². The third-order valence-electron chi connectivity index (χ3n) is 6.11. The van der Waals surface area contributed by atoms with E-state index in [4.69, 9.17) is 18.9 Å². The molecule has 12 nitrogen and oxygen atoms in total. The topological polar surface area (TPSA) is 154 Å². The number of esters is 2. The Balaban J connectivity index is 1.31. The van der Waals surface area contributed by atoms with Gasteiger partial charge in [-0.05, 0) is 84.9 Å². The molecule has 0 saturated carbocycles. The first-order chi connectivity index (χ1) is 22.6. The fourth-order valence-electron chi connectivity index (χ4n) is 3.77. The minimum atomic E-state index is -0.725. The van der Waals surface area contributed by atoms with Crippen LogP contribution in [0.1, 0.15) is 38.3 Å². The Labute approximate surface area is 286 Å². The van der Waals surface area contributed by atoms with Crippen molar-refractivity contribution in [2.24, 2.45) is 10.2 Å². The highest BCUT2D eigenvalue weighted by Crippen LogP contribution is 2.25. The summed E-state index contributed by atoms with van der Waals surface area (Å²) in [6.45, 7) is 0. The summed E-state index contributed by atoms with van der Waals surface area (Å²) in [5.74, 6) is -1.07. The number of benzene rings is 4. The molecule has 0 radical (unpaired) electrons. The first kappa shape index (κ1) is 34.5. The standard InChI is InChI=1S/C33H26Br2N4O8/c1-44-26-9-3-20(4-10-26)32(42)46-28-13-7-24(34)15-22(28)18-36-38-30(40)17-31(41)39-37-19-23-16-25(35)8-14-29(23)47-33(43)21-5-11-27(45-2)12-6-21/h3-16,18-19H,17H2,1-2H3,(H,38,40)(H,39,41). The molecule has 240 valence electrons. The number of nitrogens with zero attached hydrogens (tertiary/aromatic N) is 2. The molecule has 4 aromatic carbocycles. The van der Waals surface area contributed by atoms with Crippen LogP contribution in [-0.2, 0) is 9.59 Å². The molecule has 0 unspecified atom stereocenters. The monoisotopic (exact) mass is 764 g/mol. The van der Waals surface area contributed by atoms with E-state index in [9.17, 15) is 19.2 Å². The first-order valence-electron chi connectivity index (χ1n) is 13.6. The van der Waals surface area contributed by atoms with E-state index in [0.29, 0.717) is 42.7 Å². The second-order valence-electron chi connectivity index (χ2n) is 9.36. The highest BCUT2D eigenvalue weighted by Gasteiger charge is 2.14. The van der Waals surface area contributed by atoms with Crippen LogP contribution >= 0.6 is 31.9 Å². The number of methoxy groups -OCH3 is 2. The van der Waals surface area contributed by atoms with E-state index in [2.05, 4.69) is 52.9 Å². The van der Waals surface area contributed by atoms with Gasteiger partial charge in [0.1, 0.15) is 29.4 Å². The molecular formula is C33H26Br2N4O8. The average Bonchev–Trinajstić information content (AvgIpc) is 3.07. The van der Waals surface area contributed by atoms with Crippen molar-refractivity contribution in [2.75, 3.05) is 14.2 Å². The summed E-state index contributed by atoms with van der Waals surface area (Å²) < 4.78 is 22.6. The van der Waals surface area contributed by atoms with Crippen LogP contribution in [-0.4, -0.2) is 50.4 Å². The maximum absolute atomic E-state index is 12.6. The van der Waals surface area contributed by atoms with Gasteiger partial charge in [0.05, 0.1) is 37.8 Å². The molecule has 0 fully saturated rings. The third-order valence-corrected chi connectivity index (χ3v) is 7.09. The lowest BCUT2D eigenvalue weighted by Gasteiger charge is -2.09. The Morgan fingerprint density at radius 1 is 0.617 bits per heavy atom. The Kier molecular flexibility index (Phi) is 12.4. The van der Waals surface area contributed by atoms with E-state index in [1.165, 1.54) is 26.6 Å². The van der Waals surface area contributed by atoms with Crippen molar-refractivity contribution in [1.29, 1.82) is 0 Å². The van der Waals surface area contributed by atoms with Gasteiger partial charge in [0.25, 0.3) is 0 Å². The molecule has 47 heavy (non-hydrogen) atoms. The molecule has 0 saturated heterocycles. The van der Waals surface area contributed by atoms with E-state index in [-0.39, 0.29) is 11.5 Å². The van der Waals surface area contributed by atoms with Crippen molar-refractivity contribution < 1.29 is 38.1 Å². The van der Waals surface area contributed by atoms with Gasteiger partial charge in [-0.1, -0.05) is 31.9 Å². The normalized spacial score (nSPS) is 10.8. The number of halogens is 2. The van der Waals surface area contributed by atoms with E-state index >= 15 is 0 Å². The predicted molar refractivity (Wildman–Crippen MR) is 180 cm³/mol. The summed E-state index contributed by atoms with van der Waals surface area (Å²) in [5.41, 5.74) is 5.89. The van der Waals surface area contributed by atoms with Crippen molar-refractivity contribution in [3.63, 3.8) is 0 Å². The maximum atomic E-state index is 12.6. The van der Waals surface area contributed by atoms with Crippen LogP contribution in [0.3, 0.4) is 0 Å². The van der Waals surface area contributed by atoms with Crippen LogP contribution in [0.2, 0.25) is 0 Å². The molecule has 0 bridgehead atoms. The van der Waals surface area contributed by atoms with Gasteiger partial charge in [0.15, 0.2) is 0 Å². The molecule has 4 rings (SSSR count). The van der Waals surface area contributed by atoms with Crippen molar-refractivity contribution in [2.45, 2.75) is 6.42 Å². The zero-order chi connectivity index (χ0) is 33.8. The summed E-state index contributed by atoms with van der Waals surface area (Å²) in [5, 5.41) is 7.76. The molecule has 0 aliphatic rings. The molecule has 0 aliphatic heterocycles. The highest BCUT2D eigenvalue weighted by atomic mass is 79.9. The van der Waals surface area contributed by atoms with Crippen LogP contribution in [0.25, 0.3) is 0 Å².